The first kappa shape index (κ1) is 18.8. The summed E-state index contributed by atoms with van der Waals surface area (Å²) >= 11 is 0. The summed E-state index contributed by atoms with van der Waals surface area (Å²) in [6, 6.07) is 1.86. The minimum Gasteiger partial charge on any atom is -0.387 e. The molecule has 30 heavy (non-hydrogen) atoms. The number of aliphatic hydroxyl groups is 2. The summed E-state index contributed by atoms with van der Waals surface area (Å²) in [5, 5.41) is 24.2. The maximum absolute atomic E-state index is 10.5. The van der Waals surface area contributed by atoms with Gasteiger partial charge in [0, 0.05) is 25.8 Å². The van der Waals surface area contributed by atoms with Gasteiger partial charge >= 0.3 is 0 Å². The molecule has 0 saturated carbocycles. The molecule has 0 aliphatic carbocycles. The second-order valence-electron chi connectivity index (χ2n) is 7.14. The van der Waals surface area contributed by atoms with Crippen molar-refractivity contribution in [3.05, 3.63) is 37.4 Å². The third-order valence-electron chi connectivity index (χ3n) is 5.30. The standard InChI is InChI=1S/C18H21N9O3/c19-16-13-17(23-7-22-16)27(9-25-13)18-15(29)14(28)12(30-18)6-21-3-4-26-8-24-10-1-2-20-5-11(10)26/h1-2,5,7-9,12,14-15,18,21,28-29H,3-4,6H2,(H2,19,22,23). The average molecular weight is 411 g/mol. The Bertz CT molecular complexity index is 1180. The van der Waals surface area contributed by atoms with Crippen molar-refractivity contribution in [3.8, 4) is 0 Å². The average Bonchev–Trinajstić information content (AvgIpc) is 3.44. The summed E-state index contributed by atoms with van der Waals surface area (Å²) in [6.45, 7) is 1.67. The highest BCUT2D eigenvalue weighted by molar-refractivity contribution is 5.81. The van der Waals surface area contributed by atoms with Gasteiger partial charge in [0.25, 0.3) is 0 Å². The lowest BCUT2D eigenvalue weighted by molar-refractivity contribution is -0.0341. The van der Waals surface area contributed by atoms with E-state index in [4.69, 9.17) is 10.5 Å². The fourth-order valence-electron chi connectivity index (χ4n) is 3.71. The monoisotopic (exact) mass is 411 g/mol. The van der Waals surface area contributed by atoms with Crippen molar-refractivity contribution in [1.82, 2.24) is 39.4 Å². The van der Waals surface area contributed by atoms with Gasteiger partial charge in [-0.3, -0.25) is 9.55 Å². The molecule has 1 fully saturated rings. The molecular weight excluding hydrogens is 390 g/mol. The van der Waals surface area contributed by atoms with Crippen LogP contribution >= 0.6 is 0 Å². The zero-order valence-corrected chi connectivity index (χ0v) is 15.9. The molecule has 0 bridgehead atoms. The van der Waals surface area contributed by atoms with Crippen molar-refractivity contribution in [2.24, 2.45) is 0 Å². The number of nitrogen functional groups attached to an aromatic ring is 1. The van der Waals surface area contributed by atoms with Crippen LogP contribution in [0.2, 0.25) is 0 Å². The smallest absolute Gasteiger partial charge is 0.167 e. The summed E-state index contributed by atoms with van der Waals surface area (Å²) in [5.41, 5.74) is 8.52. The molecule has 0 spiro atoms. The van der Waals surface area contributed by atoms with E-state index in [0.717, 1.165) is 11.0 Å². The quantitative estimate of drug-likeness (QED) is 0.291. The molecule has 1 saturated heterocycles. The zero-order chi connectivity index (χ0) is 20.7. The number of rotatable bonds is 6. The van der Waals surface area contributed by atoms with Crippen LogP contribution in [0.4, 0.5) is 5.82 Å². The van der Waals surface area contributed by atoms with Gasteiger partial charge in [0.15, 0.2) is 17.7 Å². The van der Waals surface area contributed by atoms with E-state index in [0.29, 0.717) is 30.8 Å². The second kappa shape index (κ2) is 7.57. The summed E-state index contributed by atoms with van der Waals surface area (Å²) in [4.78, 5) is 20.7. The Morgan fingerprint density at radius 1 is 1.13 bits per heavy atom. The molecule has 5 heterocycles. The molecular formula is C18H21N9O3. The SMILES string of the molecule is Nc1ncnc2c1ncn2C1OC(CNCCn2cnc3ccncc32)C(O)C1O. The molecule has 5 rings (SSSR count). The van der Waals surface area contributed by atoms with Crippen LogP contribution in [0.15, 0.2) is 37.4 Å². The number of pyridine rings is 1. The van der Waals surface area contributed by atoms with E-state index in [1.165, 1.54) is 12.7 Å². The Balaban J connectivity index is 1.22. The number of aromatic nitrogens is 7. The minimum absolute atomic E-state index is 0.243. The molecule has 12 nitrogen and oxygen atoms in total. The van der Waals surface area contributed by atoms with Gasteiger partial charge in [-0.2, -0.15) is 0 Å². The highest BCUT2D eigenvalue weighted by Crippen LogP contribution is 2.31. The van der Waals surface area contributed by atoms with Crippen LogP contribution < -0.4 is 11.1 Å². The molecule has 0 radical (unpaired) electrons. The number of imidazole rings is 2. The Labute approximate surface area is 170 Å². The van der Waals surface area contributed by atoms with Crippen molar-refractivity contribution in [3.63, 3.8) is 0 Å². The number of hydrogen-bond acceptors (Lipinski definition) is 10. The third-order valence-corrected chi connectivity index (χ3v) is 5.30. The van der Waals surface area contributed by atoms with Crippen LogP contribution in [0, 0.1) is 0 Å². The molecule has 1 aliphatic heterocycles. The first-order valence-electron chi connectivity index (χ1n) is 9.53. The Kier molecular flexibility index (Phi) is 4.75. The normalized spacial score (nSPS) is 24.2. The molecule has 156 valence electrons. The lowest BCUT2D eigenvalue weighted by Gasteiger charge is -2.16. The molecule has 4 aromatic heterocycles. The predicted octanol–water partition coefficient (Wildman–Crippen LogP) is -0.938. The Morgan fingerprint density at radius 3 is 2.93 bits per heavy atom. The van der Waals surface area contributed by atoms with Gasteiger partial charge in [-0.25, -0.2) is 19.9 Å². The molecule has 4 atom stereocenters. The van der Waals surface area contributed by atoms with Gasteiger partial charge in [-0.05, 0) is 6.07 Å². The number of ether oxygens (including phenoxy) is 1. The van der Waals surface area contributed by atoms with Gasteiger partial charge in [0.1, 0.15) is 30.2 Å². The number of aliphatic hydroxyl groups excluding tert-OH is 2. The van der Waals surface area contributed by atoms with Gasteiger partial charge in [-0.1, -0.05) is 0 Å². The Hall–Kier alpha value is -3.19. The number of nitrogens with two attached hydrogens (primary N) is 1. The third kappa shape index (κ3) is 3.15. The van der Waals surface area contributed by atoms with E-state index >= 15 is 0 Å². The second-order valence-corrected chi connectivity index (χ2v) is 7.14. The summed E-state index contributed by atoms with van der Waals surface area (Å²) < 4.78 is 9.48. The Morgan fingerprint density at radius 2 is 2.03 bits per heavy atom. The van der Waals surface area contributed by atoms with Gasteiger partial charge in [-0.15, -0.1) is 0 Å². The van der Waals surface area contributed by atoms with Crippen LogP contribution in [0.1, 0.15) is 6.23 Å². The molecule has 0 aromatic carbocycles. The summed E-state index contributed by atoms with van der Waals surface area (Å²) in [5.74, 6) is 0.243. The number of nitrogens with zero attached hydrogens (tertiary/aromatic N) is 7. The zero-order valence-electron chi connectivity index (χ0n) is 15.9. The van der Waals surface area contributed by atoms with E-state index in [-0.39, 0.29) is 5.82 Å². The van der Waals surface area contributed by atoms with Crippen LogP contribution in [-0.4, -0.2) is 75.7 Å². The van der Waals surface area contributed by atoms with Crippen molar-refractivity contribution in [2.45, 2.75) is 31.1 Å². The predicted molar refractivity (Wildman–Crippen MR) is 106 cm³/mol. The van der Waals surface area contributed by atoms with Crippen molar-refractivity contribution < 1.29 is 14.9 Å². The number of anilines is 1. The van der Waals surface area contributed by atoms with E-state index in [2.05, 4.69) is 30.2 Å². The number of nitrogens with one attached hydrogen (secondary N) is 1. The van der Waals surface area contributed by atoms with E-state index in [9.17, 15) is 10.2 Å². The van der Waals surface area contributed by atoms with Gasteiger partial charge in [0.05, 0.1) is 29.9 Å². The lowest BCUT2D eigenvalue weighted by atomic mass is 10.1. The van der Waals surface area contributed by atoms with Crippen LogP contribution in [-0.2, 0) is 11.3 Å². The number of hydrogen-bond donors (Lipinski definition) is 4. The lowest BCUT2D eigenvalue weighted by Crippen LogP contribution is -2.38. The molecule has 12 heteroatoms. The molecule has 4 unspecified atom stereocenters. The highest BCUT2D eigenvalue weighted by Gasteiger charge is 2.44. The topological polar surface area (TPSA) is 162 Å². The molecule has 1 aliphatic rings. The largest absolute Gasteiger partial charge is 0.387 e. The van der Waals surface area contributed by atoms with Crippen molar-refractivity contribution in [1.29, 1.82) is 0 Å². The first-order chi connectivity index (χ1) is 14.6. The van der Waals surface area contributed by atoms with Crippen LogP contribution in [0.25, 0.3) is 22.2 Å². The summed E-state index contributed by atoms with van der Waals surface area (Å²) in [7, 11) is 0. The minimum atomic E-state index is -1.13. The molecule has 5 N–H and O–H groups in total. The van der Waals surface area contributed by atoms with Crippen molar-refractivity contribution in [2.75, 3.05) is 18.8 Å². The van der Waals surface area contributed by atoms with E-state index in [1.807, 2.05) is 10.6 Å². The summed E-state index contributed by atoms with van der Waals surface area (Å²) in [6.07, 6.45) is 4.45. The van der Waals surface area contributed by atoms with Crippen molar-refractivity contribution >= 4 is 28.0 Å². The van der Waals surface area contributed by atoms with Gasteiger partial charge < -0.3 is 30.6 Å². The van der Waals surface area contributed by atoms with Crippen LogP contribution in [0.3, 0.4) is 0 Å². The maximum atomic E-state index is 10.5. The first-order valence-corrected chi connectivity index (χ1v) is 9.53. The number of fused-ring (bicyclic) bond motifs is 2. The fraction of sp³-hybridized carbons (Fsp3) is 0.389. The maximum Gasteiger partial charge on any atom is 0.167 e. The molecule has 0 amide bonds. The van der Waals surface area contributed by atoms with Gasteiger partial charge in [0.2, 0.25) is 0 Å². The highest BCUT2D eigenvalue weighted by atomic mass is 16.6. The van der Waals surface area contributed by atoms with Crippen LogP contribution in [0.5, 0.6) is 0 Å². The molecule has 4 aromatic rings. The fourth-order valence-corrected chi connectivity index (χ4v) is 3.71. The van der Waals surface area contributed by atoms with E-state index in [1.54, 1.807) is 23.3 Å². The van der Waals surface area contributed by atoms with E-state index < -0.39 is 24.5 Å².